The molecule has 8 nitrogen and oxygen atoms in total. The lowest BCUT2D eigenvalue weighted by Gasteiger charge is -2.40. The van der Waals surface area contributed by atoms with E-state index in [0.29, 0.717) is 6.04 Å². The standard InChI is InChI=1S/C16H22N8/c1-12-7-24(5-4-23(12)9-13-6-20-22(3)8-13)16-14-15(17-10-18-16)21(2)11-19-14/h6,8,10-12H,4-5,7,9H2,1-3H3. The predicted molar refractivity (Wildman–Crippen MR) is 91.6 cm³/mol. The van der Waals surface area contributed by atoms with E-state index in [9.17, 15) is 0 Å². The third-order valence-electron chi connectivity index (χ3n) is 4.69. The van der Waals surface area contributed by atoms with E-state index < -0.39 is 0 Å². The van der Waals surface area contributed by atoms with Crippen molar-refractivity contribution in [2.45, 2.75) is 19.5 Å². The van der Waals surface area contributed by atoms with Gasteiger partial charge in [0.25, 0.3) is 0 Å². The van der Waals surface area contributed by atoms with Crippen molar-refractivity contribution in [2.75, 3.05) is 24.5 Å². The summed E-state index contributed by atoms with van der Waals surface area (Å²) < 4.78 is 3.79. The van der Waals surface area contributed by atoms with Crippen LogP contribution in [0.2, 0.25) is 0 Å². The van der Waals surface area contributed by atoms with Gasteiger partial charge < -0.3 is 9.47 Å². The van der Waals surface area contributed by atoms with E-state index in [4.69, 9.17) is 0 Å². The van der Waals surface area contributed by atoms with E-state index in [1.54, 1.807) is 12.7 Å². The quantitative estimate of drug-likeness (QED) is 0.709. The van der Waals surface area contributed by atoms with Crippen molar-refractivity contribution >= 4 is 17.0 Å². The number of piperazine rings is 1. The maximum atomic E-state index is 4.50. The molecule has 24 heavy (non-hydrogen) atoms. The van der Waals surface area contributed by atoms with Crippen molar-refractivity contribution in [1.29, 1.82) is 0 Å². The number of hydrogen-bond donors (Lipinski definition) is 0. The first-order valence-corrected chi connectivity index (χ1v) is 8.20. The summed E-state index contributed by atoms with van der Waals surface area (Å²) in [4.78, 5) is 18.1. The number of fused-ring (bicyclic) bond motifs is 1. The molecule has 0 radical (unpaired) electrons. The fourth-order valence-corrected chi connectivity index (χ4v) is 3.38. The first-order valence-electron chi connectivity index (χ1n) is 8.20. The van der Waals surface area contributed by atoms with Gasteiger partial charge in [0.15, 0.2) is 17.0 Å². The normalized spacial score (nSPS) is 19.3. The Balaban J connectivity index is 1.51. The highest BCUT2D eigenvalue weighted by atomic mass is 15.3. The van der Waals surface area contributed by atoms with E-state index in [0.717, 1.165) is 43.2 Å². The van der Waals surface area contributed by atoms with Gasteiger partial charge in [0.1, 0.15) is 6.33 Å². The van der Waals surface area contributed by atoms with Gasteiger partial charge in [-0.25, -0.2) is 15.0 Å². The molecule has 1 atom stereocenters. The van der Waals surface area contributed by atoms with Gasteiger partial charge in [-0.3, -0.25) is 9.58 Å². The second kappa shape index (κ2) is 5.86. The molecule has 0 bridgehead atoms. The minimum atomic E-state index is 0.438. The van der Waals surface area contributed by atoms with Crippen LogP contribution in [0.3, 0.4) is 0 Å². The van der Waals surface area contributed by atoms with Crippen LogP contribution in [0, 0.1) is 0 Å². The first kappa shape index (κ1) is 15.1. The zero-order valence-electron chi connectivity index (χ0n) is 14.3. The molecule has 1 fully saturated rings. The molecule has 0 saturated carbocycles. The summed E-state index contributed by atoms with van der Waals surface area (Å²) in [6, 6.07) is 0.438. The highest BCUT2D eigenvalue weighted by Gasteiger charge is 2.26. The summed E-state index contributed by atoms with van der Waals surface area (Å²) in [6.07, 6.45) is 7.46. The molecule has 4 rings (SSSR count). The van der Waals surface area contributed by atoms with Crippen LogP contribution in [-0.2, 0) is 20.6 Å². The Morgan fingerprint density at radius 2 is 2.04 bits per heavy atom. The molecule has 0 aliphatic carbocycles. The van der Waals surface area contributed by atoms with Gasteiger partial charge in [-0.2, -0.15) is 5.10 Å². The Labute approximate surface area is 140 Å². The van der Waals surface area contributed by atoms with Crippen molar-refractivity contribution in [3.63, 3.8) is 0 Å². The zero-order chi connectivity index (χ0) is 16.7. The molecule has 1 saturated heterocycles. The number of rotatable bonds is 3. The van der Waals surface area contributed by atoms with E-state index >= 15 is 0 Å². The lowest BCUT2D eigenvalue weighted by Crippen LogP contribution is -2.51. The van der Waals surface area contributed by atoms with Gasteiger partial charge in [0, 0.05) is 58.1 Å². The highest BCUT2D eigenvalue weighted by Crippen LogP contribution is 2.24. The lowest BCUT2D eigenvalue weighted by atomic mass is 10.1. The van der Waals surface area contributed by atoms with Crippen molar-refractivity contribution in [1.82, 2.24) is 34.2 Å². The molecule has 1 unspecified atom stereocenters. The van der Waals surface area contributed by atoms with Crippen LogP contribution in [0.5, 0.6) is 0 Å². The molecule has 1 aliphatic rings. The van der Waals surface area contributed by atoms with Gasteiger partial charge in [-0.05, 0) is 6.92 Å². The van der Waals surface area contributed by atoms with Gasteiger partial charge in [0.2, 0.25) is 0 Å². The summed E-state index contributed by atoms with van der Waals surface area (Å²) in [6.45, 7) is 6.07. The summed E-state index contributed by atoms with van der Waals surface area (Å²) in [7, 11) is 3.92. The van der Waals surface area contributed by atoms with Crippen LogP contribution in [0.25, 0.3) is 11.2 Å². The Kier molecular flexibility index (Phi) is 3.68. The molecule has 1 aliphatic heterocycles. The van der Waals surface area contributed by atoms with Gasteiger partial charge >= 0.3 is 0 Å². The average molecular weight is 326 g/mol. The summed E-state index contributed by atoms with van der Waals surface area (Å²) in [5, 5.41) is 4.26. The molecule has 126 valence electrons. The minimum absolute atomic E-state index is 0.438. The van der Waals surface area contributed by atoms with Crippen LogP contribution in [0.4, 0.5) is 5.82 Å². The third kappa shape index (κ3) is 2.62. The number of aromatic nitrogens is 6. The monoisotopic (exact) mass is 326 g/mol. The van der Waals surface area contributed by atoms with Crippen molar-refractivity contribution in [3.05, 3.63) is 30.6 Å². The molecule has 0 aromatic carbocycles. The smallest absolute Gasteiger partial charge is 0.165 e. The van der Waals surface area contributed by atoms with Crippen LogP contribution in [-0.4, -0.2) is 59.9 Å². The fourth-order valence-electron chi connectivity index (χ4n) is 3.38. The highest BCUT2D eigenvalue weighted by molar-refractivity contribution is 5.83. The van der Waals surface area contributed by atoms with Crippen LogP contribution >= 0.6 is 0 Å². The molecule has 4 heterocycles. The van der Waals surface area contributed by atoms with E-state index in [2.05, 4.69) is 43.0 Å². The number of nitrogens with zero attached hydrogens (tertiary/aromatic N) is 8. The largest absolute Gasteiger partial charge is 0.352 e. The number of hydrogen-bond acceptors (Lipinski definition) is 6. The van der Waals surface area contributed by atoms with Crippen LogP contribution in [0.15, 0.2) is 25.0 Å². The Bertz CT molecular complexity index is 851. The molecule has 3 aromatic heterocycles. The van der Waals surface area contributed by atoms with E-state index in [1.165, 1.54) is 5.56 Å². The Hall–Kier alpha value is -2.48. The Morgan fingerprint density at radius 1 is 1.17 bits per heavy atom. The third-order valence-corrected chi connectivity index (χ3v) is 4.69. The van der Waals surface area contributed by atoms with Gasteiger partial charge in [0.05, 0.1) is 12.5 Å². The summed E-state index contributed by atoms with van der Waals surface area (Å²) in [5.41, 5.74) is 3.02. The van der Waals surface area contributed by atoms with Crippen molar-refractivity contribution in [2.24, 2.45) is 14.1 Å². The second-order valence-electron chi connectivity index (χ2n) is 6.51. The van der Waals surface area contributed by atoms with E-state index in [-0.39, 0.29) is 0 Å². The molecular weight excluding hydrogens is 304 g/mol. The first-order chi connectivity index (χ1) is 11.6. The SMILES string of the molecule is CC1CN(c2ncnc3c2ncn3C)CCN1Cc1cnn(C)c1. The summed E-state index contributed by atoms with van der Waals surface area (Å²) in [5.74, 6) is 0.938. The molecule has 0 N–H and O–H groups in total. The van der Waals surface area contributed by atoms with Crippen molar-refractivity contribution < 1.29 is 0 Å². The van der Waals surface area contributed by atoms with Gasteiger partial charge in [-0.1, -0.05) is 0 Å². The van der Waals surface area contributed by atoms with Crippen molar-refractivity contribution in [3.8, 4) is 0 Å². The predicted octanol–water partition coefficient (Wildman–Crippen LogP) is 0.807. The lowest BCUT2D eigenvalue weighted by molar-refractivity contribution is 0.180. The molecule has 0 spiro atoms. The minimum Gasteiger partial charge on any atom is -0.352 e. The molecule has 8 heteroatoms. The van der Waals surface area contributed by atoms with Gasteiger partial charge in [-0.15, -0.1) is 0 Å². The zero-order valence-corrected chi connectivity index (χ0v) is 14.3. The van der Waals surface area contributed by atoms with E-state index in [1.807, 2.05) is 29.5 Å². The molecule has 0 amide bonds. The number of aryl methyl sites for hydroxylation is 2. The van der Waals surface area contributed by atoms with Crippen LogP contribution < -0.4 is 4.90 Å². The fraction of sp³-hybridized carbons (Fsp3) is 0.500. The second-order valence-corrected chi connectivity index (χ2v) is 6.51. The number of imidazole rings is 1. The van der Waals surface area contributed by atoms with Crippen LogP contribution in [0.1, 0.15) is 12.5 Å². The number of anilines is 1. The topological polar surface area (TPSA) is 67.9 Å². The average Bonchev–Trinajstić information content (AvgIpc) is 3.15. The molecule has 3 aromatic rings. The molecular formula is C16H22N8. The maximum absolute atomic E-state index is 4.50. The Morgan fingerprint density at radius 3 is 2.79 bits per heavy atom. The maximum Gasteiger partial charge on any atom is 0.165 e. The summed E-state index contributed by atoms with van der Waals surface area (Å²) >= 11 is 0.